The molecule has 7 heteroatoms. The lowest BCUT2D eigenvalue weighted by molar-refractivity contribution is -0.116. The van der Waals surface area contributed by atoms with Crippen molar-refractivity contribution in [3.8, 4) is 0 Å². The molecule has 148 valence electrons. The minimum atomic E-state index is 0. The Bertz CT molecular complexity index is 521. The van der Waals surface area contributed by atoms with E-state index in [0.29, 0.717) is 13.0 Å². The molecule has 0 aliphatic carbocycles. The smallest absolute Gasteiger partial charge is 0.224 e. The number of aliphatic imine (C=N–C) groups is 1. The quantitative estimate of drug-likeness (QED) is 0.198. The van der Waals surface area contributed by atoms with Crippen molar-refractivity contribution in [1.29, 1.82) is 0 Å². The van der Waals surface area contributed by atoms with Gasteiger partial charge in [0.2, 0.25) is 5.91 Å². The van der Waals surface area contributed by atoms with Crippen molar-refractivity contribution in [1.82, 2.24) is 10.6 Å². The molecule has 1 aromatic rings. The summed E-state index contributed by atoms with van der Waals surface area (Å²) in [6.07, 6.45) is 3.50. The number of unbranched alkanes of at least 4 members (excludes halogenated alkanes) is 1. The number of rotatable bonds is 11. The van der Waals surface area contributed by atoms with Gasteiger partial charge in [-0.3, -0.25) is 9.79 Å². The van der Waals surface area contributed by atoms with Gasteiger partial charge in [0.05, 0.1) is 0 Å². The number of ether oxygens (including phenoxy) is 1. The van der Waals surface area contributed by atoms with Gasteiger partial charge in [0.25, 0.3) is 0 Å². The summed E-state index contributed by atoms with van der Waals surface area (Å²) in [6, 6.07) is 7.86. The molecule has 0 bridgehead atoms. The fourth-order valence-corrected chi connectivity index (χ4v) is 2.24. The molecule has 0 unspecified atom stereocenters. The second-order valence-electron chi connectivity index (χ2n) is 5.75. The van der Waals surface area contributed by atoms with E-state index in [1.54, 1.807) is 7.05 Å². The molecule has 3 N–H and O–H groups in total. The molecule has 0 aliphatic heterocycles. The number of amides is 1. The maximum atomic E-state index is 11.6. The molecular formula is C19H33IN4O2. The Morgan fingerprint density at radius 3 is 2.46 bits per heavy atom. The fourth-order valence-electron chi connectivity index (χ4n) is 2.24. The van der Waals surface area contributed by atoms with Crippen LogP contribution in [0, 0.1) is 0 Å². The van der Waals surface area contributed by atoms with Gasteiger partial charge in [-0.2, -0.15) is 0 Å². The van der Waals surface area contributed by atoms with E-state index in [-0.39, 0.29) is 29.9 Å². The van der Waals surface area contributed by atoms with E-state index >= 15 is 0 Å². The van der Waals surface area contributed by atoms with Crippen LogP contribution in [0.3, 0.4) is 0 Å². The van der Waals surface area contributed by atoms with Crippen molar-refractivity contribution in [3.63, 3.8) is 0 Å². The molecular weight excluding hydrogens is 443 g/mol. The first-order valence-electron chi connectivity index (χ1n) is 9.10. The van der Waals surface area contributed by atoms with Crippen LogP contribution >= 0.6 is 24.0 Å². The molecule has 0 aliphatic rings. The molecule has 1 rings (SSSR count). The lowest BCUT2D eigenvalue weighted by atomic mass is 10.2. The van der Waals surface area contributed by atoms with Gasteiger partial charge in [-0.1, -0.05) is 19.1 Å². The highest BCUT2D eigenvalue weighted by Crippen LogP contribution is 2.10. The number of benzene rings is 1. The van der Waals surface area contributed by atoms with Crippen LogP contribution in [0.5, 0.6) is 0 Å². The zero-order chi connectivity index (χ0) is 18.3. The number of guanidine groups is 1. The molecule has 1 aromatic carbocycles. The molecule has 0 saturated carbocycles. The van der Waals surface area contributed by atoms with Crippen molar-refractivity contribution in [2.24, 2.45) is 4.99 Å². The van der Waals surface area contributed by atoms with E-state index in [4.69, 9.17) is 4.74 Å². The Kier molecular flexibility index (Phi) is 15.0. The highest BCUT2D eigenvalue weighted by atomic mass is 127. The zero-order valence-corrected chi connectivity index (χ0v) is 18.5. The Balaban J connectivity index is 0.00000625. The zero-order valence-electron chi connectivity index (χ0n) is 16.1. The number of halogens is 1. The van der Waals surface area contributed by atoms with E-state index in [9.17, 15) is 4.79 Å². The third-order valence-corrected chi connectivity index (χ3v) is 3.61. The van der Waals surface area contributed by atoms with E-state index < -0.39 is 0 Å². The molecule has 0 saturated heterocycles. The molecule has 0 radical (unpaired) electrons. The number of hydrogen-bond acceptors (Lipinski definition) is 3. The number of nitrogens with zero attached hydrogens (tertiary/aromatic N) is 1. The van der Waals surface area contributed by atoms with Crippen molar-refractivity contribution in [3.05, 3.63) is 29.8 Å². The number of hydrogen-bond donors (Lipinski definition) is 3. The van der Waals surface area contributed by atoms with Crippen molar-refractivity contribution >= 4 is 41.5 Å². The van der Waals surface area contributed by atoms with Crippen molar-refractivity contribution in [2.75, 3.05) is 32.1 Å². The van der Waals surface area contributed by atoms with Crippen LogP contribution in [0.1, 0.15) is 45.1 Å². The van der Waals surface area contributed by atoms with Gasteiger partial charge < -0.3 is 20.7 Å². The van der Waals surface area contributed by atoms with Gasteiger partial charge >= 0.3 is 0 Å². The molecule has 1 amide bonds. The van der Waals surface area contributed by atoms with Crippen LogP contribution in [0.4, 0.5) is 5.69 Å². The van der Waals surface area contributed by atoms with Crippen LogP contribution in [0.15, 0.2) is 29.3 Å². The van der Waals surface area contributed by atoms with Gasteiger partial charge in [0, 0.05) is 45.5 Å². The topological polar surface area (TPSA) is 74.8 Å². The lowest BCUT2D eigenvalue weighted by Crippen LogP contribution is -2.37. The van der Waals surface area contributed by atoms with Crippen LogP contribution in [-0.2, 0) is 16.1 Å². The first-order valence-corrected chi connectivity index (χ1v) is 9.10. The van der Waals surface area contributed by atoms with Crippen LogP contribution < -0.4 is 16.0 Å². The first-order chi connectivity index (χ1) is 12.2. The SMILES string of the molecule is CCCC(=O)Nc1ccc(CNC(=NC)NCCCCOCC)cc1.I. The van der Waals surface area contributed by atoms with Gasteiger partial charge in [-0.25, -0.2) is 0 Å². The molecule has 0 atom stereocenters. The van der Waals surface area contributed by atoms with Gasteiger partial charge in [0.1, 0.15) is 0 Å². The summed E-state index contributed by atoms with van der Waals surface area (Å²) in [5, 5.41) is 9.47. The number of carbonyl (C=O) groups is 1. The van der Waals surface area contributed by atoms with Gasteiger partial charge in [-0.05, 0) is 43.9 Å². The average Bonchev–Trinajstić information content (AvgIpc) is 2.62. The molecule has 0 fully saturated rings. The Morgan fingerprint density at radius 2 is 1.85 bits per heavy atom. The van der Waals surface area contributed by atoms with Gasteiger partial charge in [-0.15, -0.1) is 24.0 Å². The average molecular weight is 476 g/mol. The Morgan fingerprint density at radius 1 is 1.12 bits per heavy atom. The lowest BCUT2D eigenvalue weighted by Gasteiger charge is -2.12. The summed E-state index contributed by atoms with van der Waals surface area (Å²) in [5.74, 6) is 0.846. The summed E-state index contributed by atoms with van der Waals surface area (Å²) >= 11 is 0. The molecule has 0 aromatic heterocycles. The minimum Gasteiger partial charge on any atom is -0.382 e. The largest absolute Gasteiger partial charge is 0.382 e. The number of carbonyl (C=O) groups excluding carboxylic acids is 1. The second kappa shape index (κ2) is 15.9. The van der Waals surface area contributed by atoms with Gasteiger partial charge in [0.15, 0.2) is 5.96 Å². The summed E-state index contributed by atoms with van der Waals surface area (Å²) in [6.45, 7) is 7.14. The third-order valence-electron chi connectivity index (χ3n) is 3.61. The first kappa shape index (κ1) is 24.7. The van der Waals surface area contributed by atoms with Crippen LogP contribution in [0.25, 0.3) is 0 Å². The Labute approximate surface area is 174 Å². The number of anilines is 1. The molecule has 6 nitrogen and oxygen atoms in total. The van der Waals surface area contributed by atoms with E-state index in [0.717, 1.165) is 56.2 Å². The maximum Gasteiger partial charge on any atom is 0.224 e. The van der Waals surface area contributed by atoms with Crippen molar-refractivity contribution < 1.29 is 9.53 Å². The highest BCUT2D eigenvalue weighted by molar-refractivity contribution is 14.0. The van der Waals surface area contributed by atoms with Crippen LogP contribution in [0.2, 0.25) is 0 Å². The van der Waals surface area contributed by atoms with Crippen LogP contribution in [-0.4, -0.2) is 38.7 Å². The summed E-state index contributed by atoms with van der Waals surface area (Å²) in [4.78, 5) is 15.8. The predicted molar refractivity (Wildman–Crippen MR) is 119 cm³/mol. The Hall–Kier alpha value is -1.35. The minimum absolute atomic E-state index is 0. The highest BCUT2D eigenvalue weighted by Gasteiger charge is 2.02. The maximum absolute atomic E-state index is 11.6. The van der Waals surface area contributed by atoms with E-state index in [1.807, 2.05) is 38.1 Å². The monoisotopic (exact) mass is 476 g/mol. The fraction of sp³-hybridized carbons (Fsp3) is 0.579. The molecule has 0 heterocycles. The second-order valence-corrected chi connectivity index (χ2v) is 5.75. The molecule has 26 heavy (non-hydrogen) atoms. The summed E-state index contributed by atoms with van der Waals surface area (Å²) in [7, 11) is 1.77. The number of nitrogens with one attached hydrogen (secondary N) is 3. The van der Waals surface area contributed by atoms with E-state index in [1.165, 1.54) is 0 Å². The predicted octanol–water partition coefficient (Wildman–Crippen LogP) is 3.52. The normalized spacial score (nSPS) is 10.8. The molecule has 0 spiro atoms. The third kappa shape index (κ3) is 11.3. The standard InChI is InChI=1S/C19H32N4O2.HI/c1-4-8-18(24)23-17-11-9-16(10-12-17)15-22-19(20-3)21-13-6-7-14-25-5-2;/h9-12H,4-8,13-15H2,1-3H3,(H,23,24)(H2,20,21,22);1H. The summed E-state index contributed by atoms with van der Waals surface area (Å²) in [5.41, 5.74) is 1.96. The van der Waals surface area contributed by atoms with E-state index in [2.05, 4.69) is 20.9 Å². The van der Waals surface area contributed by atoms with Crippen molar-refractivity contribution in [2.45, 2.75) is 46.1 Å². The summed E-state index contributed by atoms with van der Waals surface area (Å²) < 4.78 is 5.32.